The molecule has 1 atom stereocenters. The first-order valence-electron chi connectivity index (χ1n) is 12.9. The molecule has 1 aromatic heterocycles. The number of hydrogen-bond donors (Lipinski definition) is 0. The molecule has 40 heavy (non-hydrogen) atoms. The summed E-state index contributed by atoms with van der Waals surface area (Å²) in [5.74, 6) is -1.14. The lowest BCUT2D eigenvalue weighted by atomic mass is 9.97. The number of fused-ring (bicyclic) bond motifs is 1. The van der Waals surface area contributed by atoms with Gasteiger partial charge in [-0.25, -0.2) is 14.5 Å². The van der Waals surface area contributed by atoms with Crippen molar-refractivity contribution >= 4 is 40.0 Å². The monoisotopic (exact) mass is 548 g/mol. The van der Waals surface area contributed by atoms with Gasteiger partial charge in [-0.1, -0.05) is 96.5 Å². The molecule has 1 aliphatic heterocycles. The Bertz CT molecular complexity index is 1750. The highest BCUT2D eigenvalue weighted by molar-refractivity contribution is 6.33. The molecule has 7 nitrogen and oxygen atoms in total. The maximum Gasteiger partial charge on any atom is 0.343 e. The minimum Gasteiger partial charge on any atom is -0.452 e. The highest BCUT2D eigenvalue weighted by Crippen LogP contribution is 2.33. The average Bonchev–Trinajstić information content (AvgIpc) is 3.57. The predicted octanol–water partition coefficient (Wildman–Crippen LogP) is 6.52. The normalized spacial score (nSPS) is 14.8. The number of aromatic nitrogens is 2. The van der Waals surface area contributed by atoms with Crippen LogP contribution in [0.15, 0.2) is 108 Å². The van der Waals surface area contributed by atoms with E-state index in [4.69, 9.17) is 21.4 Å². The second-order valence-corrected chi connectivity index (χ2v) is 9.91. The van der Waals surface area contributed by atoms with Gasteiger partial charge in [0, 0.05) is 6.42 Å². The van der Waals surface area contributed by atoms with Gasteiger partial charge in [0.15, 0.2) is 6.61 Å². The molecule has 0 aliphatic carbocycles. The molecule has 0 N–H and O–H groups in total. The lowest BCUT2D eigenvalue weighted by Crippen LogP contribution is -2.31. The number of rotatable bonds is 6. The van der Waals surface area contributed by atoms with Crippen LogP contribution in [0.1, 0.15) is 39.6 Å². The fourth-order valence-electron chi connectivity index (χ4n) is 4.96. The van der Waals surface area contributed by atoms with E-state index in [9.17, 15) is 9.59 Å². The number of aryl methyl sites for hydroxylation is 1. The van der Waals surface area contributed by atoms with Gasteiger partial charge < -0.3 is 4.74 Å². The molecule has 1 amide bonds. The van der Waals surface area contributed by atoms with E-state index in [0.29, 0.717) is 17.8 Å². The number of amides is 1. The summed E-state index contributed by atoms with van der Waals surface area (Å²) in [6.07, 6.45) is 0.539. The van der Waals surface area contributed by atoms with E-state index in [-0.39, 0.29) is 16.8 Å². The van der Waals surface area contributed by atoms with Gasteiger partial charge in [0.25, 0.3) is 5.91 Å². The predicted molar refractivity (Wildman–Crippen MR) is 155 cm³/mol. The summed E-state index contributed by atoms with van der Waals surface area (Å²) in [6, 6.07) is 32.9. The number of carbonyl (C=O) groups excluding carboxylic acids is 2. The lowest BCUT2D eigenvalue weighted by molar-refractivity contribution is -0.136. The number of ether oxygens (including phenoxy) is 1. The van der Waals surface area contributed by atoms with E-state index >= 15 is 0 Å². The van der Waals surface area contributed by atoms with Crippen molar-refractivity contribution in [3.63, 3.8) is 0 Å². The molecule has 8 heteroatoms. The van der Waals surface area contributed by atoms with Crippen molar-refractivity contribution < 1.29 is 14.3 Å². The third-order valence-corrected chi connectivity index (χ3v) is 7.32. The van der Waals surface area contributed by atoms with Gasteiger partial charge in [0.05, 0.1) is 23.1 Å². The Morgan fingerprint density at radius 2 is 1.57 bits per heavy atom. The molecule has 0 radical (unpaired) electrons. The standard InChI is InChI=1S/C32H25ClN4O3/c1-21-30(31(33)36(34-21)26-14-6-3-7-15-26)32(39)40-20-29(38)37-28(23-11-4-2-5-12-23)19-27(35-37)25-17-16-22-10-8-9-13-24(22)18-25/h2-18,28H,19-20H2,1H3/t28-/m1/s1. The first-order valence-corrected chi connectivity index (χ1v) is 13.3. The number of hydrazone groups is 1. The van der Waals surface area contributed by atoms with Gasteiger partial charge in [-0.05, 0) is 47.0 Å². The van der Waals surface area contributed by atoms with Crippen LogP contribution in [0.2, 0.25) is 5.15 Å². The zero-order valence-electron chi connectivity index (χ0n) is 21.7. The van der Waals surface area contributed by atoms with Gasteiger partial charge in [0.2, 0.25) is 0 Å². The van der Waals surface area contributed by atoms with Crippen LogP contribution in [0.3, 0.4) is 0 Å². The number of nitrogens with zero attached hydrogens (tertiary/aromatic N) is 4. The second kappa shape index (κ2) is 10.8. The fourth-order valence-corrected chi connectivity index (χ4v) is 5.30. The van der Waals surface area contributed by atoms with E-state index in [1.165, 1.54) is 9.69 Å². The van der Waals surface area contributed by atoms with Crippen molar-refractivity contribution in [2.75, 3.05) is 6.61 Å². The van der Waals surface area contributed by atoms with Crippen LogP contribution >= 0.6 is 11.6 Å². The summed E-state index contributed by atoms with van der Waals surface area (Å²) in [5, 5.41) is 12.9. The number of carbonyl (C=O) groups is 2. The Balaban J connectivity index is 1.24. The van der Waals surface area contributed by atoms with E-state index < -0.39 is 18.5 Å². The van der Waals surface area contributed by atoms with Crippen LogP contribution in [0.4, 0.5) is 0 Å². The maximum atomic E-state index is 13.4. The van der Waals surface area contributed by atoms with Crippen molar-refractivity contribution in [2.45, 2.75) is 19.4 Å². The molecule has 1 aliphatic rings. The summed E-state index contributed by atoms with van der Waals surface area (Å²) in [4.78, 5) is 26.5. The number of halogens is 1. The molecule has 5 aromatic rings. The molecule has 0 saturated carbocycles. The van der Waals surface area contributed by atoms with Gasteiger partial charge in [-0.2, -0.15) is 10.2 Å². The van der Waals surface area contributed by atoms with Crippen molar-refractivity contribution in [2.24, 2.45) is 5.10 Å². The summed E-state index contributed by atoms with van der Waals surface area (Å²) in [5.41, 5.74) is 3.93. The van der Waals surface area contributed by atoms with Crippen molar-refractivity contribution in [3.05, 3.63) is 131 Å². The zero-order chi connectivity index (χ0) is 27.6. The Kier molecular flexibility index (Phi) is 6.88. The molecule has 0 saturated heterocycles. The van der Waals surface area contributed by atoms with Crippen molar-refractivity contribution in [1.82, 2.24) is 14.8 Å². The molecule has 6 rings (SSSR count). The first-order chi connectivity index (χ1) is 19.5. The quantitative estimate of drug-likeness (QED) is 0.226. The van der Waals surface area contributed by atoms with Crippen LogP contribution in [0.25, 0.3) is 16.5 Å². The molecule has 198 valence electrons. The van der Waals surface area contributed by atoms with E-state index in [1.54, 1.807) is 6.92 Å². The number of hydrogen-bond acceptors (Lipinski definition) is 5. The lowest BCUT2D eigenvalue weighted by Gasteiger charge is -2.21. The Morgan fingerprint density at radius 1 is 0.900 bits per heavy atom. The Hall–Kier alpha value is -4.75. The van der Waals surface area contributed by atoms with Gasteiger partial charge in [0.1, 0.15) is 10.7 Å². The minimum absolute atomic E-state index is 0.125. The van der Waals surface area contributed by atoms with Gasteiger partial charge in [-0.15, -0.1) is 0 Å². The van der Waals surface area contributed by atoms with E-state index in [2.05, 4.69) is 29.4 Å². The van der Waals surface area contributed by atoms with Crippen LogP contribution in [0, 0.1) is 6.92 Å². The zero-order valence-corrected chi connectivity index (χ0v) is 22.5. The van der Waals surface area contributed by atoms with E-state index in [1.807, 2.05) is 78.9 Å². The fraction of sp³-hybridized carbons (Fsp3) is 0.125. The van der Waals surface area contributed by atoms with Crippen LogP contribution < -0.4 is 0 Å². The van der Waals surface area contributed by atoms with Crippen LogP contribution in [-0.4, -0.2) is 39.0 Å². The third kappa shape index (κ3) is 4.87. The molecule has 0 bridgehead atoms. The Morgan fingerprint density at radius 3 is 2.33 bits per heavy atom. The highest BCUT2D eigenvalue weighted by Gasteiger charge is 2.34. The number of esters is 1. The number of benzene rings is 4. The third-order valence-electron chi connectivity index (χ3n) is 6.97. The van der Waals surface area contributed by atoms with Crippen molar-refractivity contribution in [3.8, 4) is 5.69 Å². The molecule has 0 unspecified atom stereocenters. The molecule has 4 aromatic carbocycles. The minimum atomic E-state index is -0.716. The molecule has 0 spiro atoms. The molecule has 2 heterocycles. The summed E-state index contributed by atoms with van der Waals surface area (Å²) >= 11 is 6.52. The van der Waals surface area contributed by atoms with Gasteiger partial charge >= 0.3 is 5.97 Å². The van der Waals surface area contributed by atoms with E-state index in [0.717, 1.165) is 27.6 Å². The summed E-state index contributed by atoms with van der Waals surface area (Å²) < 4.78 is 6.93. The summed E-state index contributed by atoms with van der Waals surface area (Å²) in [7, 11) is 0. The number of para-hydroxylation sites is 1. The Labute approximate surface area is 236 Å². The molecular weight excluding hydrogens is 524 g/mol. The van der Waals surface area contributed by atoms with Crippen LogP contribution in [0.5, 0.6) is 0 Å². The highest BCUT2D eigenvalue weighted by atomic mass is 35.5. The average molecular weight is 549 g/mol. The smallest absolute Gasteiger partial charge is 0.343 e. The van der Waals surface area contributed by atoms with Gasteiger partial charge in [-0.3, -0.25) is 4.79 Å². The molecule has 0 fully saturated rings. The SMILES string of the molecule is Cc1nn(-c2ccccc2)c(Cl)c1C(=O)OCC(=O)N1N=C(c2ccc3ccccc3c2)C[C@@H]1c1ccccc1. The first kappa shape index (κ1) is 25.5. The summed E-state index contributed by atoms with van der Waals surface area (Å²) in [6.45, 7) is 1.19. The second-order valence-electron chi connectivity index (χ2n) is 9.55. The van der Waals surface area contributed by atoms with Crippen molar-refractivity contribution in [1.29, 1.82) is 0 Å². The van der Waals surface area contributed by atoms with Crippen LogP contribution in [-0.2, 0) is 9.53 Å². The topological polar surface area (TPSA) is 76.8 Å². The maximum absolute atomic E-state index is 13.4. The molecular formula is C32H25ClN4O3. The largest absolute Gasteiger partial charge is 0.452 e.